The number of benzene rings is 2. The Labute approximate surface area is 195 Å². The number of rotatable bonds is 3. The molecule has 5 rings (SSSR count). The lowest BCUT2D eigenvalue weighted by molar-refractivity contribution is 0.501. The number of pyridine rings is 1. The standard InChI is InChI=1S/C25H23F2N7/c1-13-6-15(10-16(26)7-13)18-12-31-24(30)21(23(18)34-4-2-17(29)3-5-34)25-32-20-9-14(11-28)8-19(27)22(20)33-25/h6-10,12,17H,2-5,29H2,1H3,(H2,30,31)(H,32,33). The lowest BCUT2D eigenvalue weighted by atomic mass is 9.97. The lowest BCUT2D eigenvalue weighted by Crippen LogP contribution is -2.40. The second kappa shape index (κ2) is 8.39. The summed E-state index contributed by atoms with van der Waals surface area (Å²) in [5.41, 5.74) is 16.5. The zero-order chi connectivity index (χ0) is 24.0. The Morgan fingerprint density at radius 2 is 1.91 bits per heavy atom. The number of anilines is 2. The maximum Gasteiger partial charge on any atom is 0.152 e. The van der Waals surface area contributed by atoms with Gasteiger partial charge in [0.25, 0.3) is 0 Å². The van der Waals surface area contributed by atoms with E-state index in [4.69, 9.17) is 11.5 Å². The van der Waals surface area contributed by atoms with Gasteiger partial charge in [0.15, 0.2) is 5.82 Å². The van der Waals surface area contributed by atoms with Crippen LogP contribution in [0.5, 0.6) is 0 Å². The van der Waals surface area contributed by atoms with E-state index in [0.29, 0.717) is 41.1 Å². The number of aromatic nitrogens is 3. The fourth-order valence-corrected chi connectivity index (χ4v) is 4.56. The van der Waals surface area contributed by atoms with Crippen LogP contribution in [0.2, 0.25) is 0 Å². The van der Waals surface area contributed by atoms with E-state index < -0.39 is 5.82 Å². The zero-order valence-corrected chi connectivity index (χ0v) is 18.6. The van der Waals surface area contributed by atoms with Crippen LogP contribution in [-0.2, 0) is 0 Å². The van der Waals surface area contributed by atoms with E-state index in [2.05, 4.69) is 19.9 Å². The lowest BCUT2D eigenvalue weighted by Gasteiger charge is -2.34. The highest BCUT2D eigenvalue weighted by atomic mass is 19.1. The van der Waals surface area contributed by atoms with Crippen molar-refractivity contribution in [3.8, 4) is 28.6 Å². The summed E-state index contributed by atoms with van der Waals surface area (Å²) in [6, 6.07) is 9.54. The van der Waals surface area contributed by atoms with Gasteiger partial charge in [-0.15, -0.1) is 0 Å². The van der Waals surface area contributed by atoms with E-state index in [9.17, 15) is 14.0 Å². The molecule has 2 aromatic heterocycles. The van der Waals surface area contributed by atoms with Gasteiger partial charge in [0.05, 0.1) is 28.4 Å². The largest absolute Gasteiger partial charge is 0.383 e. The van der Waals surface area contributed by atoms with Crippen LogP contribution in [-0.4, -0.2) is 34.1 Å². The summed E-state index contributed by atoms with van der Waals surface area (Å²) in [6.45, 7) is 3.17. The van der Waals surface area contributed by atoms with Crippen LogP contribution >= 0.6 is 0 Å². The quantitative estimate of drug-likeness (QED) is 0.421. The Morgan fingerprint density at radius 3 is 2.62 bits per heavy atom. The molecule has 5 N–H and O–H groups in total. The predicted molar refractivity (Wildman–Crippen MR) is 128 cm³/mol. The number of halogens is 2. The molecule has 172 valence electrons. The third-order valence-electron chi connectivity index (χ3n) is 6.20. The van der Waals surface area contributed by atoms with E-state index >= 15 is 0 Å². The molecule has 1 aliphatic rings. The predicted octanol–water partition coefficient (Wildman–Crippen LogP) is 4.26. The minimum absolute atomic E-state index is 0.100. The molecule has 0 aliphatic carbocycles. The number of aryl methyl sites for hydroxylation is 1. The van der Waals surface area contributed by atoms with Gasteiger partial charge in [-0.05, 0) is 55.2 Å². The molecule has 1 aliphatic heterocycles. The Hall–Kier alpha value is -4.03. The number of hydrogen-bond donors (Lipinski definition) is 3. The molecule has 0 amide bonds. The molecule has 0 unspecified atom stereocenters. The highest BCUT2D eigenvalue weighted by Gasteiger charge is 2.27. The van der Waals surface area contributed by atoms with Gasteiger partial charge in [-0.3, -0.25) is 0 Å². The number of nitrogens with two attached hydrogens (primary N) is 2. The Morgan fingerprint density at radius 1 is 1.15 bits per heavy atom. The molecule has 34 heavy (non-hydrogen) atoms. The highest BCUT2D eigenvalue weighted by Crippen LogP contribution is 2.43. The SMILES string of the molecule is Cc1cc(F)cc(-c2cnc(N)c(-c3nc4c(F)cc(C#N)cc4[nH]3)c2N2CCC(N)CC2)c1. The summed E-state index contributed by atoms with van der Waals surface area (Å²) in [5.74, 6) is -0.420. The molecular weight excluding hydrogens is 436 g/mol. The summed E-state index contributed by atoms with van der Waals surface area (Å²) in [7, 11) is 0. The van der Waals surface area contributed by atoms with Crippen LogP contribution < -0.4 is 16.4 Å². The van der Waals surface area contributed by atoms with Crippen molar-refractivity contribution < 1.29 is 8.78 Å². The van der Waals surface area contributed by atoms with Gasteiger partial charge >= 0.3 is 0 Å². The van der Waals surface area contributed by atoms with Crippen LogP contribution in [0.25, 0.3) is 33.5 Å². The Balaban J connectivity index is 1.77. The van der Waals surface area contributed by atoms with Gasteiger partial charge in [0.2, 0.25) is 0 Å². The number of nitriles is 1. The van der Waals surface area contributed by atoms with Crippen LogP contribution in [0.4, 0.5) is 20.3 Å². The van der Waals surface area contributed by atoms with Crippen molar-refractivity contribution in [2.24, 2.45) is 5.73 Å². The van der Waals surface area contributed by atoms with Crippen molar-refractivity contribution in [1.29, 1.82) is 5.26 Å². The zero-order valence-electron chi connectivity index (χ0n) is 18.6. The van der Waals surface area contributed by atoms with Gasteiger partial charge in [-0.25, -0.2) is 18.7 Å². The molecule has 0 spiro atoms. The molecule has 9 heteroatoms. The second-order valence-corrected chi connectivity index (χ2v) is 8.67. The first-order valence-corrected chi connectivity index (χ1v) is 11.0. The summed E-state index contributed by atoms with van der Waals surface area (Å²) < 4.78 is 29.0. The number of nitrogen functional groups attached to an aromatic ring is 1. The second-order valence-electron chi connectivity index (χ2n) is 8.67. The Bertz CT molecular complexity index is 1430. The minimum Gasteiger partial charge on any atom is -0.383 e. The maximum absolute atomic E-state index is 14.6. The molecule has 3 heterocycles. The summed E-state index contributed by atoms with van der Waals surface area (Å²) in [6.07, 6.45) is 3.20. The number of nitrogens with one attached hydrogen (secondary N) is 1. The molecule has 1 fully saturated rings. The van der Waals surface area contributed by atoms with E-state index in [1.165, 1.54) is 18.2 Å². The van der Waals surface area contributed by atoms with Crippen LogP contribution in [0.3, 0.4) is 0 Å². The van der Waals surface area contributed by atoms with E-state index in [1.807, 2.05) is 19.1 Å². The number of hydrogen-bond acceptors (Lipinski definition) is 6. The molecule has 1 saturated heterocycles. The summed E-state index contributed by atoms with van der Waals surface area (Å²) in [5, 5.41) is 9.20. The smallest absolute Gasteiger partial charge is 0.152 e. The number of piperidine rings is 1. The van der Waals surface area contributed by atoms with Crippen molar-refractivity contribution in [3.63, 3.8) is 0 Å². The van der Waals surface area contributed by atoms with E-state index in [0.717, 1.165) is 30.2 Å². The van der Waals surface area contributed by atoms with E-state index in [-0.39, 0.29) is 28.8 Å². The molecule has 7 nitrogen and oxygen atoms in total. The van der Waals surface area contributed by atoms with Crippen molar-refractivity contribution in [3.05, 3.63) is 59.3 Å². The topological polar surface area (TPSA) is 121 Å². The van der Waals surface area contributed by atoms with Crippen LogP contribution in [0, 0.1) is 29.9 Å². The van der Waals surface area contributed by atoms with Crippen molar-refractivity contribution in [1.82, 2.24) is 15.0 Å². The highest BCUT2D eigenvalue weighted by molar-refractivity contribution is 5.95. The third-order valence-corrected chi connectivity index (χ3v) is 6.20. The average Bonchev–Trinajstić information content (AvgIpc) is 3.23. The number of H-pyrrole nitrogens is 1. The maximum atomic E-state index is 14.6. The fraction of sp³-hybridized carbons (Fsp3) is 0.240. The number of aromatic amines is 1. The number of nitrogens with zero attached hydrogens (tertiary/aromatic N) is 4. The number of fused-ring (bicyclic) bond motifs is 1. The fourth-order valence-electron chi connectivity index (χ4n) is 4.56. The molecule has 0 atom stereocenters. The van der Waals surface area contributed by atoms with Gasteiger partial charge in [-0.2, -0.15) is 5.26 Å². The van der Waals surface area contributed by atoms with Crippen LogP contribution in [0.1, 0.15) is 24.0 Å². The molecule has 2 aromatic carbocycles. The third kappa shape index (κ3) is 3.82. The number of imidazole rings is 1. The van der Waals surface area contributed by atoms with Gasteiger partial charge in [-0.1, -0.05) is 6.07 Å². The first-order valence-electron chi connectivity index (χ1n) is 11.0. The van der Waals surface area contributed by atoms with Crippen LogP contribution in [0.15, 0.2) is 36.5 Å². The molecule has 0 saturated carbocycles. The monoisotopic (exact) mass is 459 g/mol. The van der Waals surface area contributed by atoms with Gasteiger partial charge < -0.3 is 21.4 Å². The minimum atomic E-state index is -0.606. The molecular formula is C25H23F2N7. The Kier molecular flexibility index (Phi) is 5.38. The van der Waals surface area contributed by atoms with Crippen molar-refractivity contribution in [2.75, 3.05) is 23.7 Å². The summed E-state index contributed by atoms with van der Waals surface area (Å²) >= 11 is 0. The van der Waals surface area contributed by atoms with Crippen molar-refractivity contribution >= 4 is 22.5 Å². The van der Waals surface area contributed by atoms with Gasteiger partial charge in [0, 0.05) is 30.9 Å². The van der Waals surface area contributed by atoms with Gasteiger partial charge in [0.1, 0.15) is 23.0 Å². The first kappa shape index (κ1) is 21.8. The molecule has 0 radical (unpaired) electrons. The first-order chi connectivity index (χ1) is 16.3. The normalized spacial score (nSPS) is 14.5. The summed E-state index contributed by atoms with van der Waals surface area (Å²) in [4.78, 5) is 14.1. The molecule has 0 bridgehead atoms. The molecule has 4 aromatic rings. The average molecular weight is 460 g/mol. The van der Waals surface area contributed by atoms with E-state index in [1.54, 1.807) is 6.20 Å². The van der Waals surface area contributed by atoms with Crippen molar-refractivity contribution in [2.45, 2.75) is 25.8 Å².